The molecule has 0 saturated heterocycles. The number of amides is 1. The van der Waals surface area contributed by atoms with E-state index in [0.29, 0.717) is 29.5 Å². The first-order valence-electron chi connectivity index (χ1n) is 6.67. The van der Waals surface area contributed by atoms with E-state index in [9.17, 15) is 4.79 Å². The van der Waals surface area contributed by atoms with Gasteiger partial charge in [-0.1, -0.05) is 13.2 Å². The van der Waals surface area contributed by atoms with Gasteiger partial charge in [-0.15, -0.1) is 0 Å². The molecule has 1 unspecified atom stereocenters. The molecule has 1 atom stereocenters. The van der Waals surface area contributed by atoms with Crippen LogP contribution in [0.5, 0.6) is 0 Å². The SMILES string of the molecule is C=c1nc(C(=O)N2CCn3c(C#N)ccc3C2C)[nH]c1=C. The van der Waals surface area contributed by atoms with Gasteiger partial charge in [0.25, 0.3) is 5.91 Å². The first-order chi connectivity index (χ1) is 10.0. The summed E-state index contributed by atoms with van der Waals surface area (Å²) in [5.74, 6) is 0.0885. The van der Waals surface area contributed by atoms with Crippen molar-refractivity contribution in [2.45, 2.75) is 19.5 Å². The van der Waals surface area contributed by atoms with Crippen molar-refractivity contribution in [2.24, 2.45) is 0 Å². The highest BCUT2D eigenvalue weighted by Crippen LogP contribution is 2.27. The molecule has 2 aromatic rings. The molecule has 0 bridgehead atoms. The number of fused-ring (bicyclic) bond motifs is 1. The van der Waals surface area contributed by atoms with E-state index >= 15 is 0 Å². The molecule has 0 aliphatic carbocycles. The van der Waals surface area contributed by atoms with E-state index in [1.165, 1.54) is 0 Å². The highest BCUT2D eigenvalue weighted by Gasteiger charge is 2.30. The number of H-pyrrole nitrogens is 1. The van der Waals surface area contributed by atoms with Crippen LogP contribution in [0, 0.1) is 11.3 Å². The number of nitrogens with zero attached hydrogens (tertiary/aromatic N) is 4. The van der Waals surface area contributed by atoms with Crippen molar-refractivity contribution in [2.75, 3.05) is 6.54 Å². The van der Waals surface area contributed by atoms with Crippen LogP contribution in [0.15, 0.2) is 12.1 Å². The molecule has 0 fully saturated rings. The Labute approximate surface area is 121 Å². The third-order valence-corrected chi connectivity index (χ3v) is 3.92. The fourth-order valence-electron chi connectivity index (χ4n) is 2.72. The summed E-state index contributed by atoms with van der Waals surface area (Å²) in [6.07, 6.45) is 0. The van der Waals surface area contributed by atoms with E-state index < -0.39 is 0 Å². The van der Waals surface area contributed by atoms with Crippen molar-refractivity contribution in [3.8, 4) is 6.07 Å². The molecule has 0 saturated carbocycles. The predicted molar refractivity (Wildman–Crippen MR) is 77.5 cm³/mol. The zero-order valence-electron chi connectivity index (χ0n) is 11.8. The molecule has 3 heterocycles. The topological polar surface area (TPSA) is 77.7 Å². The first-order valence-corrected chi connectivity index (χ1v) is 6.67. The third-order valence-electron chi connectivity index (χ3n) is 3.92. The molecule has 2 aromatic heterocycles. The van der Waals surface area contributed by atoms with Crippen LogP contribution in [0.3, 0.4) is 0 Å². The molecule has 1 amide bonds. The number of rotatable bonds is 1. The van der Waals surface area contributed by atoms with Gasteiger partial charge in [0.2, 0.25) is 0 Å². The lowest BCUT2D eigenvalue weighted by Gasteiger charge is -2.34. The number of aromatic amines is 1. The molecule has 1 N–H and O–H groups in total. The minimum atomic E-state index is -0.173. The number of carbonyl (C=O) groups excluding carboxylic acids is 1. The van der Waals surface area contributed by atoms with Crippen LogP contribution in [0.25, 0.3) is 13.2 Å². The summed E-state index contributed by atoms with van der Waals surface area (Å²) in [5.41, 5.74) is 1.59. The summed E-state index contributed by atoms with van der Waals surface area (Å²) in [6, 6.07) is 5.74. The normalized spacial score (nSPS) is 17.3. The van der Waals surface area contributed by atoms with Gasteiger partial charge in [0.15, 0.2) is 5.82 Å². The Kier molecular flexibility index (Phi) is 2.91. The molecule has 1 aliphatic heterocycles. The van der Waals surface area contributed by atoms with Gasteiger partial charge in [-0.2, -0.15) is 5.26 Å². The van der Waals surface area contributed by atoms with Gasteiger partial charge >= 0.3 is 0 Å². The zero-order chi connectivity index (χ0) is 15.1. The molecular weight excluding hydrogens is 266 g/mol. The van der Waals surface area contributed by atoms with Crippen molar-refractivity contribution in [1.82, 2.24) is 19.4 Å². The molecule has 6 heteroatoms. The van der Waals surface area contributed by atoms with Gasteiger partial charge in [-0.05, 0) is 19.1 Å². The molecule has 0 aromatic carbocycles. The van der Waals surface area contributed by atoms with Gasteiger partial charge < -0.3 is 14.5 Å². The molecule has 6 nitrogen and oxygen atoms in total. The Balaban J connectivity index is 1.95. The van der Waals surface area contributed by atoms with Gasteiger partial charge in [0.1, 0.15) is 11.8 Å². The monoisotopic (exact) mass is 281 g/mol. The minimum Gasteiger partial charge on any atom is -0.334 e. The molecule has 0 radical (unpaired) electrons. The number of nitrogens with one attached hydrogen (secondary N) is 1. The summed E-state index contributed by atoms with van der Waals surface area (Å²) < 4.78 is 1.95. The fraction of sp³-hybridized carbons (Fsp3) is 0.267. The second-order valence-electron chi connectivity index (χ2n) is 5.09. The summed E-state index contributed by atoms with van der Waals surface area (Å²) in [7, 11) is 0. The van der Waals surface area contributed by atoms with Crippen LogP contribution in [-0.4, -0.2) is 31.9 Å². The van der Waals surface area contributed by atoms with Crippen LogP contribution in [-0.2, 0) is 6.54 Å². The zero-order valence-corrected chi connectivity index (χ0v) is 11.8. The minimum absolute atomic E-state index is 0.111. The number of carbonyl (C=O) groups is 1. The van der Waals surface area contributed by atoms with Crippen LogP contribution in [0.4, 0.5) is 0 Å². The Morgan fingerprint density at radius 3 is 2.86 bits per heavy atom. The van der Waals surface area contributed by atoms with Crippen LogP contribution in [0.2, 0.25) is 0 Å². The van der Waals surface area contributed by atoms with E-state index in [4.69, 9.17) is 5.26 Å². The number of nitriles is 1. The summed E-state index contributed by atoms with van der Waals surface area (Å²) >= 11 is 0. The van der Waals surface area contributed by atoms with Gasteiger partial charge in [0, 0.05) is 18.8 Å². The van der Waals surface area contributed by atoms with Gasteiger partial charge in [-0.25, -0.2) is 4.98 Å². The number of hydrogen-bond acceptors (Lipinski definition) is 3. The summed E-state index contributed by atoms with van der Waals surface area (Å²) in [5, 5.41) is 10.1. The van der Waals surface area contributed by atoms with Crippen molar-refractivity contribution in [3.63, 3.8) is 0 Å². The van der Waals surface area contributed by atoms with Crippen LogP contribution < -0.4 is 10.7 Å². The van der Waals surface area contributed by atoms with Crippen LogP contribution >= 0.6 is 0 Å². The largest absolute Gasteiger partial charge is 0.334 e. The maximum atomic E-state index is 12.6. The summed E-state index contributed by atoms with van der Waals surface area (Å²) in [6.45, 7) is 10.6. The first kappa shape index (κ1) is 13.2. The fourth-order valence-corrected chi connectivity index (χ4v) is 2.72. The Morgan fingerprint density at radius 1 is 1.48 bits per heavy atom. The maximum Gasteiger partial charge on any atom is 0.290 e. The second-order valence-corrected chi connectivity index (χ2v) is 5.09. The van der Waals surface area contributed by atoms with Crippen molar-refractivity contribution >= 4 is 19.1 Å². The van der Waals surface area contributed by atoms with Gasteiger partial charge in [0.05, 0.1) is 16.7 Å². The molecule has 106 valence electrons. The van der Waals surface area contributed by atoms with E-state index in [-0.39, 0.29) is 17.8 Å². The number of hydrogen-bond donors (Lipinski definition) is 1. The average Bonchev–Trinajstić information content (AvgIpc) is 3.03. The molecule has 0 spiro atoms. The van der Waals surface area contributed by atoms with Crippen molar-refractivity contribution < 1.29 is 4.79 Å². The maximum absolute atomic E-state index is 12.6. The van der Waals surface area contributed by atoms with E-state index in [0.717, 1.165) is 5.69 Å². The average molecular weight is 281 g/mol. The molecule has 3 rings (SSSR count). The van der Waals surface area contributed by atoms with E-state index in [1.807, 2.05) is 17.6 Å². The van der Waals surface area contributed by atoms with Gasteiger partial charge in [-0.3, -0.25) is 4.79 Å². The Morgan fingerprint density at radius 2 is 2.24 bits per heavy atom. The van der Waals surface area contributed by atoms with E-state index in [1.54, 1.807) is 11.0 Å². The Hall–Kier alpha value is -2.81. The lowest BCUT2D eigenvalue weighted by atomic mass is 10.1. The standard InChI is InChI=1S/C15H15N5O/c1-9-10(2)18-14(17-9)15(21)19-6-7-20-12(8-16)4-5-13(20)11(19)3/h4-5,11H,1-2,6-7H2,3H3,(H,17,18). The number of aromatic nitrogens is 3. The molecule has 1 aliphatic rings. The van der Waals surface area contributed by atoms with E-state index in [2.05, 4.69) is 29.2 Å². The lowest BCUT2D eigenvalue weighted by molar-refractivity contribution is 0.0631. The molecule has 21 heavy (non-hydrogen) atoms. The number of imidazole rings is 1. The smallest absolute Gasteiger partial charge is 0.290 e. The van der Waals surface area contributed by atoms with Crippen molar-refractivity contribution in [1.29, 1.82) is 5.26 Å². The predicted octanol–water partition coefficient (Wildman–Crippen LogP) is 0.120. The highest BCUT2D eigenvalue weighted by atomic mass is 16.2. The molecular formula is C15H15N5O. The van der Waals surface area contributed by atoms with Crippen LogP contribution in [0.1, 0.15) is 35.0 Å². The van der Waals surface area contributed by atoms with Crippen molar-refractivity contribution in [3.05, 3.63) is 40.0 Å². The quantitative estimate of drug-likeness (QED) is 0.806. The second kappa shape index (κ2) is 4.63. The Bertz CT molecular complexity index is 826. The lowest BCUT2D eigenvalue weighted by Crippen LogP contribution is -2.41. The highest BCUT2D eigenvalue weighted by molar-refractivity contribution is 5.90. The summed E-state index contributed by atoms with van der Waals surface area (Å²) in [4.78, 5) is 21.3. The third kappa shape index (κ3) is 1.94.